The quantitative estimate of drug-likeness (QED) is 0.666. The molecule has 2 heterocycles. The highest BCUT2D eigenvalue weighted by molar-refractivity contribution is 7.16. The van der Waals surface area contributed by atoms with E-state index >= 15 is 0 Å². The monoisotopic (exact) mass is 376 g/mol. The van der Waals surface area contributed by atoms with Gasteiger partial charge in [0.05, 0.1) is 27.5 Å². The van der Waals surface area contributed by atoms with E-state index in [4.69, 9.17) is 11.6 Å². The first-order valence-electron chi connectivity index (χ1n) is 7.62. The number of hydrogen-bond donors (Lipinski definition) is 1. The molecule has 1 unspecified atom stereocenters. The molecule has 1 atom stereocenters. The third kappa shape index (κ3) is 4.66. The molecule has 6 heteroatoms. The van der Waals surface area contributed by atoms with Crippen LogP contribution in [0.3, 0.4) is 0 Å². The van der Waals surface area contributed by atoms with Crippen LogP contribution in [0.5, 0.6) is 0 Å². The van der Waals surface area contributed by atoms with Crippen LogP contribution >= 0.6 is 34.3 Å². The Morgan fingerprint density at radius 3 is 2.75 bits per heavy atom. The number of thiazole rings is 1. The molecule has 124 valence electrons. The Hall–Kier alpha value is -1.69. The minimum Gasteiger partial charge on any atom is -0.348 e. The lowest BCUT2D eigenvalue weighted by molar-refractivity contribution is -0.121. The Bertz CT molecular complexity index is 813. The lowest BCUT2D eigenvalue weighted by Gasteiger charge is -2.11. The summed E-state index contributed by atoms with van der Waals surface area (Å²) in [5, 5.41) is 5.99. The number of thiophene rings is 1. The molecule has 24 heavy (non-hydrogen) atoms. The van der Waals surface area contributed by atoms with Gasteiger partial charge in [-0.05, 0) is 24.6 Å². The van der Waals surface area contributed by atoms with Gasteiger partial charge in [-0.25, -0.2) is 4.98 Å². The maximum atomic E-state index is 12.2. The molecule has 0 saturated heterocycles. The number of carbonyl (C=O) groups excluding carboxylic acids is 1. The third-order valence-corrected chi connectivity index (χ3v) is 5.85. The van der Waals surface area contributed by atoms with Crippen molar-refractivity contribution in [3.05, 3.63) is 73.3 Å². The lowest BCUT2D eigenvalue weighted by atomic mass is 10.2. The summed E-state index contributed by atoms with van der Waals surface area (Å²) < 4.78 is 0.733. The molecule has 0 bridgehead atoms. The SMILES string of the molecule is CC(NC(=O)Cc1csc(Cc2ccccc2)n1)c1ccc(Cl)s1. The van der Waals surface area contributed by atoms with Crippen LogP contribution in [0.15, 0.2) is 47.8 Å². The fourth-order valence-corrected chi connectivity index (χ4v) is 4.26. The average molecular weight is 377 g/mol. The summed E-state index contributed by atoms with van der Waals surface area (Å²) in [6.07, 6.45) is 1.10. The van der Waals surface area contributed by atoms with E-state index in [9.17, 15) is 4.79 Å². The van der Waals surface area contributed by atoms with E-state index in [0.717, 1.165) is 26.3 Å². The molecule has 1 aromatic carbocycles. The Labute approximate surface area is 154 Å². The number of halogens is 1. The zero-order chi connectivity index (χ0) is 16.9. The molecule has 3 rings (SSSR count). The number of rotatable bonds is 6. The normalized spacial score (nSPS) is 12.1. The molecule has 0 aliphatic carbocycles. The topological polar surface area (TPSA) is 42.0 Å². The minimum atomic E-state index is -0.0441. The van der Waals surface area contributed by atoms with Crippen LogP contribution in [-0.2, 0) is 17.6 Å². The molecule has 0 fully saturated rings. The van der Waals surface area contributed by atoms with Gasteiger partial charge in [0, 0.05) is 16.7 Å². The molecule has 3 aromatic rings. The number of benzene rings is 1. The van der Waals surface area contributed by atoms with Crippen LogP contribution in [0.2, 0.25) is 4.34 Å². The van der Waals surface area contributed by atoms with Gasteiger partial charge in [0.25, 0.3) is 0 Å². The first-order chi connectivity index (χ1) is 11.6. The van der Waals surface area contributed by atoms with Crippen molar-refractivity contribution >= 4 is 40.2 Å². The third-order valence-electron chi connectivity index (χ3n) is 3.54. The Balaban J connectivity index is 1.55. The van der Waals surface area contributed by atoms with E-state index in [0.29, 0.717) is 6.42 Å². The first kappa shape index (κ1) is 17.1. The number of nitrogens with zero attached hydrogens (tertiary/aromatic N) is 1. The number of aromatic nitrogens is 1. The second kappa shape index (κ2) is 7.92. The Morgan fingerprint density at radius 1 is 1.25 bits per heavy atom. The number of hydrogen-bond acceptors (Lipinski definition) is 4. The van der Waals surface area contributed by atoms with Gasteiger partial charge in [-0.1, -0.05) is 41.9 Å². The van der Waals surface area contributed by atoms with Crippen molar-refractivity contribution < 1.29 is 4.79 Å². The highest BCUT2D eigenvalue weighted by Crippen LogP contribution is 2.26. The zero-order valence-corrected chi connectivity index (χ0v) is 15.5. The number of carbonyl (C=O) groups is 1. The van der Waals surface area contributed by atoms with Gasteiger partial charge in [-0.3, -0.25) is 4.79 Å². The van der Waals surface area contributed by atoms with Gasteiger partial charge in [0.1, 0.15) is 0 Å². The van der Waals surface area contributed by atoms with Crippen molar-refractivity contribution in [1.82, 2.24) is 10.3 Å². The van der Waals surface area contributed by atoms with Crippen LogP contribution in [-0.4, -0.2) is 10.9 Å². The maximum absolute atomic E-state index is 12.2. The molecular weight excluding hydrogens is 360 g/mol. The first-order valence-corrected chi connectivity index (χ1v) is 9.69. The predicted molar refractivity (Wildman–Crippen MR) is 101 cm³/mol. The van der Waals surface area contributed by atoms with Crippen LogP contribution in [0, 0.1) is 0 Å². The van der Waals surface area contributed by atoms with Crippen LogP contribution < -0.4 is 5.32 Å². The second-order valence-corrected chi connectivity index (χ2v) is 8.19. The molecule has 0 spiro atoms. The summed E-state index contributed by atoms with van der Waals surface area (Å²) in [5.74, 6) is -0.0245. The van der Waals surface area contributed by atoms with Gasteiger partial charge in [-0.15, -0.1) is 22.7 Å². The molecule has 0 aliphatic rings. The summed E-state index contributed by atoms with van der Waals surface area (Å²) in [6.45, 7) is 1.96. The summed E-state index contributed by atoms with van der Waals surface area (Å²) in [6, 6.07) is 14.0. The van der Waals surface area contributed by atoms with E-state index in [1.165, 1.54) is 16.9 Å². The molecule has 0 radical (unpaired) electrons. The lowest BCUT2D eigenvalue weighted by Crippen LogP contribution is -2.27. The van der Waals surface area contributed by atoms with Crippen molar-refractivity contribution in [3.8, 4) is 0 Å². The molecular formula is C18H17ClN2OS2. The molecule has 0 aliphatic heterocycles. The molecule has 3 nitrogen and oxygen atoms in total. The second-order valence-electron chi connectivity index (χ2n) is 5.50. The van der Waals surface area contributed by atoms with E-state index in [1.54, 1.807) is 11.3 Å². The number of amides is 1. The predicted octanol–water partition coefficient (Wildman–Crippen LogP) is 4.87. The molecule has 0 saturated carbocycles. The van der Waals surface area contributed by atoms with Crippen molar-refractivity contribution in [2.75, 3.05) is 0 Å². The van der Waals surface area contributed by atoms with Crippen molar-refractivity contribution in [2.45, 2.75) is 25.8 Å². The average Bonchev–Trinajstić information content (AvgIpc) is 3.17. The summed E-state index contributed by atoms with van der Waals surface area (Å²) in [4.78, 5) is 17.8. The molecule has 1 amide bonds. The summed E-state index contributed by atoms with van der Waals surface area (Å²) in [7, 11) is 0. The fraction of sp³-hybridized carbons (Fsp3) is 0.222. The van der Waals surface area contributed by atoms with Crippen LogP contribution in [0.25, 0.3) is 0 Å². The zero-order valence-electron chi connectivity index (χ0n) is 13.2. The Kier molecular flexibility index (Phi) is 5.66. The van der Waals surface area contributed by atoms with Crippen LogP contribution in [0.4, 0.5) is 0 Å². The van der Waals surface area contributed by atoms with Gasteiger partial charge in [0.2, 0.25) is 5.91 Å². The van der Waals surface area contributed by atoms with Gasteiger partial charge >= 0.3 is 0 Å². The minimum absolute atomic E-state index is 0.0245. The van der Waals surface area contributed by atoms with E-state index in [1.807, 2.05) is 42.6 Å². The van der Waals surface area contributed by atoms with Gasteiger partial charge < -0.3 is 5.32 Å². The Morgan fingerprint density at radius 2 is 2.04 bits per heavy atom. The van der Waals surface area contributed by atoms with E-state index < -0.39 is 0 Å². The largest absolute Gasteiger partial charge is 0.348 e. The van der Waals surface area contributed by atoms with Gasteiger partial charge in [0.15, 0.2) is 0 Å². The number of nitrogens with one attached hydrogen (secondary N) is 1. The van der Waals surface area contributed by atoms with Crippen molar-refractivity contribution in [2.24, 2.45) is 0 Å². The standard InChI is InChI=1S/C18H17ClN2OS2/c1-12(15-7-8-16(19)24-15)20-17(22)10-14-11-23-18(21-14)9-13-5-3-2-4-6-13/h2-8,11-12H,9-10H2,1H3,(H,20,22). The van der Waals surface area contributed by atoms with E-state index in [-0.39, 0.29) is 11.9 Å². The maximum Gasteiger partial charge on any atom is 0.226 e. The highest BCUT2D eigenvalue weighted by Gasteiger charge is 2.13. The highest BCUT2D eigenvalue weighted by atomic mass is 35.5. The van der Waals surface area contributed by atoms with Crippen LogP contribution in [0.1, 0.15) is 34.1 Å². The van der Waals surface area contributed by atoms with Crippen molar-refractivity contribution in [1.29, 1.82) is 0 Å². The summed E-state index contributed by atoms with van der Waals surface area (Å²) >= 11 is 9.02. The van der Waals surface area contributed by atoms with E-state index in [2.05, 4.69) is 22.4 Å². The fourth-order valence-electron chi connectivity index (χ4n) is 2.37. The van der Waals surface area contributed by atoms with Crippen molar-refractivity contribution in [3.63, 3.8) is 0 Å². The summed E-state index contributed by atoms with van der Waals surface area (Å²) in [5.41, 5.74) is 2.05. The smallest absolute Gasteiger partial charge is 0.226 e. The van der Waals surface area contributed by atoms with Gasteiger partial charge in [-0.2, -0.15) is 0 Å². The molecule has 2 aromatic heterocycles. The molecule has 1 N–H and O–H groups in total.